The molecule has 0 bridgehead atoms. The molecule has 3 rings (SSSR count). The molecule has 0 saturated carbocycles. The second-order valence-electron chi connectivity index (χ2n) is 7.73. The quantitative estimate of drug-likeness (QED) is 0.879. The lowest BCUT2D eigenvalue weighted by molar-refractivity contribution is -0.126. The van der Waals surface area contributed by atoms with E-state index in [0.29, 0.717) is 5.56 Å². The number of fused-ring (bicyclic) bond motifs is 1. The monoisotopic (exact) mass is 384 g/mol. The number of nitrogens with zero attached hydrogens (tertiary/aromatic N) is 1. The Kier molecular flexibility index (Phi) is 4.86. The van der Waals surface area contributed by atoms with Crippen molar-refractivity contribution in [1.29, 1.82) is 0 Å². The molecule has 27 heavy (non-hydrogen) atoms. The molecule has 142 valence electrons. The number of amides is 1. The van der Waals surface area contributed by atoms with Crippen LogP contribution in [0.15, 0.2) is 59.6 Å². The van der Waals surface area contributed by atoms with Gasteiger partial charge in [-0.3, -0.25) is 9.10 Å². The third-order valence-corrected chi connectivity index (χ3v) is 6.04. The molecule has 2 aromatic rings. The number of nitrogens with one attached hydrogen (secondary N) is 1. The van der Waals surface area contributed by atoms with Gasteiger partial charge in [0.05, 0.1) is 4.90 Å². The predicted molar refractivity (Wildman–Crippen MR) is 106 cm³/mol. The molecule has 0 aliphatic carbocycles. The number of carbonyl (C=O) groups excluding carboxylic acids is 1. The third-order valence-electron chi connectivity index (χ3n) is 4.29. The molecule has 1 unspecified atom stereocenters. The van der Waals surface area contributed by atoms with E-state index in [1.807, 2.05) is 45.9 Å². The van der Waals surface area contributed by atoms with Crippen LogP contribution >= 0.6 is 0 Å². The Hall–Kier alpha value is -2.60. The van der Waals surface area contributed by atoms with E-state index in [-0.39, 0.29) is 10.8 Å². The average Bonchev–Trinajstić information content (AvgIpc) is 2.59. The first kappa shape index (κ1) is 19.2. The Bertz CT molecular complexity index is 987. The second kappa shape index (κ2) is 6.85. The fourth-order valence-electron chi connectivity index (χ4n) is 3.03. The molecule has 0 aromatic heterocycles. The van der Waals surface area contributed by atoms with Crippen molar-refractivity contribution in [3.8, 4) is 0 Å². The van der Waals surface area contributed by atoms with Gasteiger partial charge in [-0.15, -0.1) is 0 Å². The highest BCUT2D eigenvalue weighted by Crippen LogP contribution is 2.35. The smallest absolute Gasteiger partial charge is 0.264 e. The van der Waals surface area contributed by atoms with Crippen LogP contribution in [0, 0.1) is 6.92 Å². The molecule has 0 radical (unpaired) electrons. The van der Waals surface area contributed by atoms with Gasteiger partial charge in [0.2, 0.25) is 5.91 Å². The van der Waals surface area contributed by atoms with Crippen LogP contribution in [0.5, 0.6) is 0 Å². The Morgan fingerprint density at radius 3 is 2.30 bits per heavy atom. The van der Waals surface area contributed by atoms with Crippen LogP contribution in [0.25, 0.3) is 6.08 Å². The highest BCUT2D eigenvalue weighted by Gasteiger charge is 2.38. The van der Waals surface area contributed by atoms with E-state index < -0.39 is 21.6 Å². The van der Waals surface area contributed by atoms with Gasteiger partial charge >= 0.3 is 0 Å². The van der Waals surface area contributed by atoms with Crippen LogP contribution in [-0.4, -0.2) is 24.2 Å². The molecule has 1 N–H and O–H groups in total. The maximum Gasteiger partial charge on any atom is 0.264 e. The minimum absolute atomic E-state index is 0.158. The summed E-state index contributed by atoms with van der Waals surface area (Å²) in [6, 6.07) is 13.0. The first-order valence-corrected chi connectivity index (χ1v) is 10.2. The van der Waals surface area contributed by atoms with Gasteiger partial charge in [0, 0.05) is 11.7 Å². The molecule has 1 amide bonds. The Morgan fingerprint density at radius 1 is 1.04 bits per heavy atom. The standard InChI is InChI=1S/C21H24N2O3S/c1-15-9-11-17(12-10-15)27(25,26)23-14-13-16-7-5-6-8-18(16)19(23)20(24)22-21(2,3)4/h5-14,19H,1-4H3,(H,22,24). The van der Waals surface area contributed by atoms with E-state index in [2.05, 4.69) is 5.32 Å². The number of sulfonamides is 1. The molecule has 1 aliphatic heterocycles. The summed E-state index contributed by atoms with van der Waals surface area (Å²) in [6.45, 7) is 7.50. The van der Waals surface area contributed by atoms with Crippen molar-refractivity contribution >= 4 is 22.0 Å². The molecule has 0 saturated heterocycles. The summed E-state index contributed by atoms with van der Waals surface area (Å²) in [6.07, 6.45) is 3.20. The molecule has 5 nitrogen and oxygen atoms in total. The number of aryl methyl sites for hydroxylation is 1. The zero-order valence-electron chi connectivity index (χ0n) is 15.9. The van der Waals surface area contributed by atoms with E-state index in [0.717, 1.165) is 15.4 Å². The van der Waals surface area contributed by atoms with Crippen molar-refractivity contribution in [1.82, 2.24) is 9.62 Å². The molecular formula is C21H24N2O3S. The molecule has 0 spiro atoms. The van der Waals surface area contributed by atoms with Crippen molar-refractivity contribution in [2.24, 2.45) is 0 Å². The first-order chi connectivity index (χ1) is 12.6. The number of hydrogen-bond donors (Lipinski definition) is 1. The fraction of sp³-hybridized carbons (Fsp3) is 0.286. The Balaban J connectivity index is 2.10. The summed E-state index contributed by atoms with van der Waals surface area (Å²) in [5, 5.41) is 2.91. The van der Waals surface area contributed by atoms with Crippen molar-refractivity contribution in [2.45, 2.75) is 44.2 Å². The SMILES string of the molecule is Cc1ccc(S(=O)(=O)N2C=Cc3ccccc3C2C(=O)NC(C)(C)C)cc1. The minimum Gasteiger partial charge on any atom is -0.349 e. The maximum absolute atomic E-state index is 13.3. The normalized spacial score (nSPS) is 16.7. The lowest BCUT2D eigenvalue weighted by Crippen LogP contribution is -2.48. The van der Waals surface area contributed by atoms with Crippen molar-refractivity contribution in [3.05, 3.63) is 71.4 Å². The number of benzene rings is 2. The highest BCUT2D eigenvalue weighted by molar-refractivity contribution is 7.89. The van der Waals surface area contributed by atoms with Crippen LogP contribution in [0.4, 0.5) is 0 Å². The van der Waals surface area contributed by atoms with Crippen LogP contribution in [0.1, 0.15) is 43.5 Å². The maximum atomic E-state index is 13.3. The van der Waals surface area contributed by atoms with E-state index in [1.54, 1.807) is 36.4 Å². The van der Waals surface area contributed by atoms with Crippen LogP contribution in [-0.2, 0) is 14.8 Å². The Labute approximate surface area is 160 Å². The molecule has 6 heteroatoms. The molecule has 0 fully saturated rings. The lowest BCUT2D eigenvalue weighted by atomic mass is 9.96. The molecule has 2 aromatic carbocycles. The lowest BCUT2D eigenvalue weighted by Gasteiger charge is -2.35. The second-order valence-corrected chi connectivity index (χ2v) is 9.58. The molecular weight excluding hydrogens is 360 g/mol. The zero-order valence-corrected chi connectivity index (χ0v) is 16.7. The predicted octanol–water partition coefficient (Wildman–Crippen LogP) is 3.63. The Morgan fingerprint density at radius 2 is 1.67 bits per heavy atom. The van der Waals surface area contributed by atoms with Gasteiger partial charge in [0.15, 0.2) is 0 Å². The number of hydrogen-bond acceptors (Lipinski definition) is 3. The molecule has 1 atom stereocenters. The van der Waals surface area contributed by atoms with Crippen LogP contribution in [0.2, 0.25) is 0 Å². The first-order valence-electron chi connectivity index (χ1n) is 8.79. The summed E-state index contributed by atoms with van der Waals surface area (Å²) in [4.78, 5) is 13.2. The van der Waals surface area contributed by atoms with Gasteiger partial charge in [-0.1, -0.05) is 42.0 Å². The minimum atomic E-state index is -3.89. The number of carbonyl (C=O) groups is 1. The van der Waals surface area contributed by atoms with E-state index >= 15 is 0 Å². The van der Waals surface area contributed by atoms with Crippen LogP contribution in [0.3, 0.4) is 0 Å². The fourth-order valence-corrected chi connectivity index (χ4v) is 4.47. The highest BCUT2D eigenvalue weighted by atomic mass is 32.2. The zero-order chi connectivity index (χ0) is 19.8. The van der Waals surface area contributed by atoms with Crippen molar-refractivity contribution < 1.29 is 13.2 Å². The largest absolute Gasteiger partial charge is 0.349 e. The van der Waals surface area contributed by atoms with Gasteiger partial charge in [-0.05, 0) is 57.0 Å². The van der Waals surface area contributed by atoms with Gasteiger partial charge in [-0.2, -0.15) is 0 Å². The summed E-state index contributed by atoms with van der Waals surface area (Å²) in [7, 11) is -3.89. The summed E-state index contributed by atoms with van der Waals surface area (Å²) < 4.78 is 27.7. The van der Waals surface area contributed by atoms with Crippen LogP contribution < -0.4 is 5.32 Å². The third kappa shape index (κ3) is 3.90. The molecule has 1 aliphatic rings. The van der Waals surface area contributed by atoms with E-state index in [9.17, 15) is 13.2 Å². The summed E-state index contributed by atoms with van der Waals surface area (Å²) in [5.41, 5.74) is 1.99. The summed E-state index contributed by atoms with van der Waals surface area (Å²) in [5.74, 6) is -0.352. The summed E-state index contributed by atoms with van der Waals surface area (Å²) >= 11 is 0. The molecule has 1 heterocycles. The average molecular weight is 385 g/mol. The van der Waals surface area contributed by atoms with Gasteiger partial charge in [0.1, 0.15) is 6.04 Å². The van der Waals surface area contributed by atoms with E-state index in [4.69, 9.17) is 0 Å². The topological polar surface area (TPSA) is 66.5 Å². The number of rotatable bonds is 3. The van der Waals surface area contributed by atoms with Gasteiger partial charge in [0.25, 0.3) is 10.0 Å². The van der Waals surface area contributed by atoms with Gasteiger partial charge in [-0.25, -0.2) is 8.42 Å². The van der Waals surface area contributed by atoms with E-state index in [1.165, 1.54) is 6.20 Å². The van der Waals surface area contributed by atoms with Crippen molar-refractivity contribution in [3.63, 3.8) is 0 Å². The van der Waals surface area contributed by atoms with Gasteiger partial charge < -0.3 is 5.32 Å². The van der Waals surface area contributed by atoms with Crippen molar-refractivity contribution in [2.75, 3.05) is 0 Å².